The number of aromatic nitrogens is 5. The summed E-state index contributed by atoms with van der Waals surface area (Å²) in [6.45, 7) is 6.46. The molecule has 0 unspecified atom stereocenters. The lowest BCUT2D eigenvalue weighted by molar-refractivity contribution is 0.101. The van der Waals surface area contributed by atoms with E-state index < -0.39 is 0 Å². The number of benzene rings is 2. The highest BCUT2D eigenvalue weighted by atomic mass is 16.2. The fourth-order valence-electron chi connectivity index (χ4n) is 4.31. The molecule has 0 spiro atoms. The summed E-state index contributed by atoms with van der Waals surface area (Å²) >= 11 is 0. The van der Waals surface area contributed by atoms with Gasteiger partial charge in [0.2, 0.25) is 0 Å². The minimum atomic E-state index is -0.253. The van der Waals surface area contributed by atoms with Crippen molar-refractivity contribution in [3.63, 3.8) is 0 Å². The Balaban J connectivity index is 1.37. The van der Waals surface area contributed by atoms with Crippen molar-refractivity contribution in [2.45, 2.75) is 33.7 Å². The first-order valence-corrected chi connectivity index (χ1v) is 12.5. The van der Waals surface area contributed by atoms with Crippen molar-refractivity contribution in [2.75, 3.05) is 5.32 Å². The molecule has 8 heteroatoms. The van der Waals surface area contributed by atoms with Crippen LogP contribution in [0.25, 0.3) is 23.1 Å². The first-order valence-electron chi connectivity index (χ1n) is 12.5. The molecule has 0 bridgehead atoms. The van der Waals surface area contributed by atoms with E-state index in [4.69, 9.17) is 0 Å². The Morgan fingerprint density at radius 3 is 2.61 bits per heavy atom. The lowest BCUT2D eigenvalue weighted by atomic mass is 9.99. The summed E-state index contributed by atoms with van der Waals surface area (Å²) in [6.07, 6.45) is 6.40. The molecule has 0 atom stereocenters. The number of fused-ring (bicyclic) bond motifs is 1. The van der Waals surface area contributed by atoms with Gasteiger partial charge in [0.05, 0.1) is 22.6 Å². The van der Waals surface area contributed by atoms with Gasteiger partial charge in [-0.3, -0.25) is 24.4 Å². The molecule has 5 aromatic rings. The number of nitrogens with one attached hydrogen (secondary N) is 2. The van der Waals surface area contributed by atoms with Gasteiger partial charge in [-0.1, -0.05) is 31.2 Å². The smallest absolute Gasteiger partial charge is 0.273 e. The van der Waals surface area contributed by atoms with Crippen LogP contribution in [0.4, 0.5) is 5.69 Å². The van der Waals surface area contributed by atoms with Gasteiger partial charge in [-0.2, -0.15) is 10.2 Å². The average Bonchev–Trinajstić information content (AvgIpc) is 3.51. The highest BCUT2D eigenvalue weighted by Gasteiger charge is 2.17. The summed E-state index contributed by atoms with van der Waals surface area (Å²) in [7, 11) is 0. The van der Waals surface area contributed by atoms with Gasteiger partial charge in [-0.15, -0.1) is 0 Å². The molecule has 0 radical (unpaired) electrons. The van der Waals surface area contributed by atoms with Gasteiger partial charge in [0, 0.05) is 34.9 Å². The molecule has 0 aliphatic rings. The molecule has 0 saturated heterocycles. The number of nitrogens with zero attached hydrogens (tertiary/aromatic N) is 4. The predicted molar refractivity (Wildman–Crippen MR) is 149 cm³/mol. The number of rotatable bonds is 8. The summed E-state index contributed by atoms with van der Waals surface area (Å²) in [5.41, 5.74) is 6.11. The minimum absolute atomic E-state index is 0.144. The maximum atomic E-state index is 13.4. The lowest BCUT2D eigenvalue weighted by Crippen LogP contribution is -2.18. The zero-order valence-corrected chi connectivity index (χ0v) is 21.5. The van der Waals surface area contributed by atoms with Crippen LogP contribution in [0.5, 0.6) is 0 Å². The molecule has 1 amide bonds. The van der Waals surface area contributed by atoms with Crippen molar-refractivity contribution in [3.8, 4) is 0 Å². The van der Waals surface area contributed by atoms with Gasteiger partial charge in [0.15, 0.2) is 5.78 Å². The molecular weight excluding hydrogens is 476 g/mol. The molecule has 2 aromatic carbocycles. The number of carbonyl (C=O) groups excluding carboxylic acids is 2. The van der Waals surface area contributed by atoms with Crippen LogP contribution in [-0.2, 0) is 6.54 Å². The number of pyridine rings is 1. The largest absolute Gasteiger partial charge is 0.320 e. The molecule has 0 aliphatic heterocycles. The fourth-order valence-corrected chi connectivity index (χ4v) is 4.31. The first-order chi connectivity index (χ1) is 18.4. The van der Waals surface area contributed by atoms with Crippen LogP contribution in [0.2, 0.25) is 0 Å². The summed E-state index contributed by atoms with van der Waals surface area (Å²) in [6, 6.07) is 18.3. The molecule has 0 saturated carbocycles. The van der Waals surface area contributed by atoms with Gasteiger partial charge < -0.3 is 5.32 Å². The maximum absolute atomic E-state index is 13.4. The second-order valence-corrected chi connectivity index (χ2v) is 9.16. The zero-order valence-electron chi connectivity index (χ0n) is 21.5. The van der Waals surface area contributed by atoms with Crippen LogP contribution in [0.1, 0.15) is 62.4 Å². The number of hydrogen-bond donors (Lipinski definition) is 2. The molecular formula is C30H28N6O2. The number of ketones is 1. The molecule has 3 heterocycles. The third kappa shape index (κ3) is 5.15. The Morgan fingerprint density at radius 2 is 1.82 bits per heavy atom. The number of hydrogen-bond acceptors (Lipinski definition) is 5. The highest BCUT2D eigenvalue weighted by Crippen LogP contribution is 2.24. The van der Waals surface area contributed by atoms with E-state index in [0.29, 0.717) is 29.1 Å². The van der Waals surface area contributed by atoms with Crippen molar-refractivity contribution in [1.82, 2.24) is 25.0 Å². The molecule has 8 nitrogen and oxygen atoms in total. The predicted octanol–water partition coefficient (Wildman–Crippen LogP) is 5.83. The summed E-state index contributed by atoms with van der Waals surface area (Å²) in [5.74, 6) is -0.397. The Morgan fingerprint density at radius 1 is 1.00 bits per heavy atom. The standard InChI is InChI=1S/C30H28N6O2/c1-4-15-36-28(16-20(3)35-36)30(38)32-26-17-21(9-8-19(26)2)29(37)22-10-12-24-25(33-34-27(24)18-22)13-11-23-7-5-6-14-31-23/h5-14,16-18H,4,15H2,1-3H3,(H,32,38)(H,33,34)/b13-11+. The van der Waals surface area contributed by atoms with Crippen molar-refractivity contribution in [2.24, 2.45) is 0 Å². The minimum Gasteiger partial charge on any atom is -0.320 e. The molecule has 5 rings (SSSR count). The average molecular weight is 505 g/mol. The molecule has 2 N–H and O–H groups in total. The van der Waals surface area contributed by atoms with Gasteiger partial charge in [-0.05, 0) is 74.4 Å². The van der Waals surface area contributed by atoms with Gasteiger partial charge >= 0.3 is 0 Å². The SMILES string of the molecule is CCCn1nc(C)cc1C(=O)Nc1cc(C(=O)c2ccc3c(/C=C/c4ccccn4)n[nH]c3c2)ccc1C. The van der Waals surface area contributed by atoms with Crippen LogP contribution in [-0.4, -0.2) is 36.7 Å². The van der Waals surface area contributed by atoms with E-state index in [1.54, 1.807) is 41.2 Å². The van der Waals surface area contributed by atoms with Crippen molar-refractivity contribution in [3.05, 3.63) is 106 Å². The van der Waals surface area contributed by atoms with Crippen molar-refractivity contribution in [1.29, 1.82) is 0 Å². The molecule has 38 heavy (non-hydrogen) atoms. The summed E-state index contributed by atoms with van der Waals surface area (Å²) in [4.78, 5) is 30.7. The van der Waals surface area contributed by atoms with E-state index in [1.165, 1.54) is 0 Å². The van der Waals surface area contributed by atoms with E-state index >= 15 is 0 Å². The Hall–Kier alpha value is -4.85. The monoisotopic (exact) mass is 504 g/mol. The van der Waals surface area contributed by atoms with E-state index in [-0.39, 0.29) is 11.7 Å². The van der Waals surface area contributed by atoms with Crippen LogP contribution in [0.3, 0.4) is 0 Å². The lowest BCUT2D eigenvalue weighted by Gasteiger charge is -2.11. The molecule has 190 valence electrons. The number of aromatic amines is 1. The van der Waals surface area contributed by atoms with Crippen LogP contribution in [0, 0.1) is 13.8 Å². The maximum Gasteiger partial charge on any atom is 0.273 e. The second-order valence-electron chi connectivity index (χ2n) is 9.16. The second kappa shape index (κ2) is 10.6. The number of H-pyrrole nitrogens is 1. The molecule has 0 aliphatic carbocycles. The number of amides is 1. The van der Waals surface area contributed by atoms with Gasteiger partial charge in [-0.25, -0.2) is 0 Å². The highest BCUT2D eigenvalue weighted by molar-refractivity contribution is 6.12. The molecule has 3 aromatic heterocycles. The number of aryl methyl sites for hydroxylation is 3. The van der Waals surface area contributed by atoms with Crippen molar-refractivity contribution >= 4 is 40.4 Å². The Bertz CT molecular complexity index is 1660. The van der Waals surface area contributed by atoms with E-state index in [1.807, 2.05) is 63.3 Å². The zero-order chi connectivity index (χ0) is 26.6. The normalized spacial score (nSPS) is 11.3. The third-order valence-electron chi connectivity index (χ3n) is 6.27. The fraction of sp³-hybridized carbons (Fsp3) is 0.167. The number of carbonyl (C=O) groups is 2. The number of anilines is 1. The van der Waals surface area contributed by atoms with Crippen LogP contribution in [0.15, 0.2) is 66.9 Å². The van der Waals surface area contributed by atoms with E-state index in [2.05, 4.69) is 25.6 Å². The molecule has 0 fully saturated rings. The topological polar surface area (TPSA) is 106 Å². The van der Waals surface area contributed by atoms with E-state index in [0.717, 1.165) is 40.0 Å². The van der Waals surface area contributed by atoms with Crippen LogP contribution < -0.4 is 5.32 Å². The van der Waals surface area contributed by atoms with Crippen molar-refractivity contribution < 1.29 is 9.59 Å². The van der Waals surface area contributed by atoms with Gasteiger partial charge in [0.25, 0.3) is 5.91 Å². The summed E-state index contributed by atoms with van der Waals surface area (Å²) < 4.78 is 1.72. The summed E-state index contributed by atoms with van der Waals surface area (Å²) in [5, 5.41) is 15.7. The Kier molecular flexibility index (Phi) is 6.95. The quantitative estimate of drug-likeness (QED) is 0.259. The Labute approximate surface area is 220 Å². The first kappa shape index (κ1) is 24.8. The third-order valence-corrected chi connectivity index (χ3v) is 6.27. The van der Waals surface area contributed by atoms with Crippen LogP contribution >= 0.6 is 0 Å². The van der Waals surface area contributed by atoms with E-state index in [9.17, 15) is 9.59 Å². The van der Waals surface area contributed by atoms with Gasteiger partial charge in [0.1, 0.15) is 5.69 Å².